The smallest absolute Gasteiger partial charge is 0.171 e. The second-order valence-electron chi connectivity index (χ2n) is 3.31. The second-order valence-corrected chi connectivity index (χ2v) is 3.31. The van der Waals surface area contributed by atoms with Crippen LogP contribution in [0.4, 0.5) is 13.2 Å². The maximum atomic E-state index is 11.9. The second kappa shape index (κ2) is 3.46. The summed E-state index contributed by atoms with van der Waals surface area (Å²) >= 11 is 0. The molecule has 68 valence electrons. The Labute approximate surface area is 65.8 Å². The normalized spacial score (nSPS) is 13.6. The van der Waals surface area contributed by atoms with E-state index in [1.54, 1.807) is 20.8 Å². The van der Waals surface area contributed by atoms with Gasteiger partial charge in [-0.15, -0.1) is 0 Å². The van der Waals surface area contributed by atoms with Gasteiger partial charge in [0.15, 0.2) is 0 Å². The van der Waals surface area contributed by atoms with Crippen molar-refractivity contribution >= 4 is 0 Å². The molecule has 0 amide bonds. The van der Waals surface area contributed by atoms with Crippen molar-refractivity contribution in [3.63, 3.8) is 0 Å². The lowest BCUT2D eigenvalue weighted by Crippen LogP contribution is -2.23. The van der Waals surface area contributed by atoms with Gasteiger partial charge < -0.3 is 0 Å². The zero-order chi connectivity index (χ0) is 9.12. The SMILES string of the molecule is CCC(C)(CC)CC(F)(F)F. The molecule has 0 aliphatic rings. The summed E-state index contributed by atoms with van der Waals surface area (Å²) in [6.45, 7) is 5.28. The molecule has 0 bridgehead atoms. The Bertz CT molecular complexity index is 111. The summed E-state index contributed by atoms with van der Waals surface area (Å²) in [6.07, 6.45) is -3.50. The number of alkyl halides is 3. The first-order chi connectivity index (χ1) is 4.83. The molecule has 3 heteroatoms. The predicted octanol–water partition coefficient (Wildman–Crippen LogP) is 3.77. The summed E-state index contributed by atoms with van der Waals surface area (Å²) in [7, 11) is 0. The van der Waals surface area contributed by atoms with E-state index >= 15 is 0 Å². The molecule has 0 aromatic heterocycles. The molecule has 0 rings (SSSR count). The summed E-state index contributed by atoms with van der Waals surface area (Å²) < 4.78 is 35.8. The van der Waals surface area contributed by atoms with Crippen molar-refractivity contribution in [2.75, 3.05) is 0 Å². The van der Waals surface area contributed by atoms with Gasteiger partial charge in [-0.25, -0.2) is 0 Å². The van der Waals surface area contributed by atoms with Gasteiger partial charge in [-0.3, -0.25) is 0 Å². The molecule has 0 heterocycles. The molecule has 0 saturated heterocycles. The third-order valence-corrected chi connectivity index (χ3v) is 2.33. The monoisotopic (exact) mass is 168 g/mol. The van der Waals surface area contributed by atoms with Crippen molar-refractivity contribution in [1.29, 1.82) is 0 Å². The fourth-order valence-electron chi connectivity index (χ4n) is 0.984. The Hall–Kier alpha value is -0.210. The zero-order valence-corrected chi connectivity index (χ0v) is 7.26. The van der Waals surface area contributed by atoms with Gasteiger partial charge in [-0.2, -0.15) is 13.2 Å². The number of hydrogen-bond acceptors (Lipinski definition) is 0. The minimum Gasteiger partial charge on any atom is -0.171 e. The van der Waals surface area contributed by atoms with Gasteiger partial charge in [0, 0.05) is 6.42 Å². The largest absolute Gasteiger partial charge is 0.389 e. The number of halogens is 3. The summed E-state index contributed by atoms with van der Waals surface area (Å²) in [4.78, 5) is 0. The standard InChI is InChI=1S/C8H15F3/c1-4-7(3,5-2)6-8(9,10)11/h4-6H2,1-3H3. The highest BCUT2D eigenvalue weighted by molar-refractivity contribution is 4.74. The molecule has 0 fully saturated rings. The fourth-order valence-corrected chi connectivity index (χ4v) is 0.984. The van der Waals surface area contributed by atoms with Crippen molar-refractivity contribution in [2.24, 2.45) is 5.41 Å². The average molecular weight is 168 g/mol. The molecule has 0 N–H and O–H groups in total. The molecule has 0 aromatic rings. The van der Waals surface area contributed by atoms with E-state index in [-0.39, 0.29) is 0 Å². The van der Waals surface area contributed by atoms with Crippen LogP contribution in [0.15, 0.2) is 0 Å². The highest BCUT2D eigenvalue weighted by Crippen LogP contribution is 2.38. The fraction of sp³-hybridized carbons (Fsp3) is 1.00. The van der Waals surface area contributed by atoms with Crippen LogP contribution >= 0.6 is 0 Å². The van der Waals surface area contributed by atoms with E-state index in [1.165, 1.54) is 0 Å². The minimum atomic E-state index is -4.01. The lowest BCUT2D eigenvalue weighted by molar-refractivity contribution is -0.157. The van der Waals surface area contributed by atoms with Crippen molar-refractivity contribution in [1.82, 2.24) is 0 Å². The third-order valence-electron chi connectivity index (χ3n) is 2.33. The molecular formula is C8H15F3. The number of hydrogen-bond donors (Lipinski definition) is 0. The summed E-state index contributed by atoms with van der Waals surface area (Å²) in [5, 5.41) is 0. The van der Waals surface area contributed by atoms with Gasteiger partial charge in [-0.05, 0) is 5.41 Å². The molecule has 0 unspecified atom stereocenters. The lowest BCUT2D eigenvalue weighted by Gasteiger charge is -2.27. The van der Waals surface area contributed by atoms with Gasteiger partial charge in [0.25, 0.3) is 0 Å². The Balaban J connectivity index is 4.08. The molecule has 0 aliphatic carbocycles. The van der Waals surface area contributed by atoms with E-state index in [0.29, 0.717) is 12.8 Å². The quantitative estimate of drug-likeness (QED) is 0.601. The van der Waals surface area contributed by atoms with Gasteiger partial charge in [0.2, 0.25) is 0 Å². The molecule has 0 aromatic carbocycles. The van der Waals surface area contributed by atoms with Gasteiger partial charge in [0.05, 0.1) is 0 Å². The van der Waals surface area contributed by atoms with Crippen molar-refractivity contribution in [3.8, 4) is 0 Å². The maximum Gasteiger partial charge on any atom is 0.389 e. The highest BCUT2D eigenvalue weighted by atomic mass is 19.4. The summed E-state index contributed by atoms with van der Waals surface area (Å²) in [6, 6.07) is 0. The van der Waals surface area contributed by atoms with E-state index in [4.69, 9.17) is 0 Å². The third kappa shape index (κ3) is 4.27. The molecule has 0 saturated carbocycles. The minimum absolute atomic E-state index is 0.557. The Morgan fingerprint density at radius 3 is 1.45 bits per heavy atom. The van der Waals surface area contributed by atoms with Crippen molar-refractivity contribution in [2.45, 2.75) is 46.2 Å². The van der Waals surface area contributed by atoms with Crippen LogP contribution in [-0.2, 0) is 0 Å². The number of rotatable bonds is 3. The van der Waals surface area contributed by atoms with Crippen LogP contribution in [0.25, 0.3) is 0 Å². The molecule has 0 radical (unpaired) electrons. The molecule has 0 nitrogen and oxygen atoms in total. The molecule has 0 spiro atoms. The van der Waals surface area contributed by atoms with Crippen LogP contribution in [0.1, 0.15) is 40.0 Å². The first-order valence-electron chi connectivity index (χ1n) is 3.90. The van der Waals surface area contributed by atoms with Gasteiger partial charge in [-0.1, -0.05) is 33.6 Å². The molecule has 11 heavy (non-hydrogen) atoms. The average Bonchev–Trinajstić information content (AvgIpc) is 1.84. The van der Waals surface area contributed by atoms with E-state index in [2.05, 4.69) is 0 Å². The molecule has 0 atom stereocenters. The van der Waals surface area contributed by atoms with Crippen LogP contribution in [0.3, 0.4) is 0 Å². The predicted molar refractivity (Wildman–Crippen MR) is 39.4 cm³/mol. The van der Waals surface area contributed by atoms with E-state index in [9.17, 15) is 13.2 Å². The van der Waals surface area contributed by atoms with Gasteiger partial charge in [0.1, 0.15) is 0 Å². The highest BCUT2D eigenvalue weighted by Gasteiger charge is 2.36. The van der Waals surface area contributed by atoms with Crippen LogP contribution in [-0.4, -0.2) is 6.18 Å². The zero-order valence-electron chi connectivity index (χ0n) is 7.26. The van der Waals surface area contributed by atoms with Crippen molar-refractivity contribution in [3.05, 3.63) is 0 Å². The van der Waals surface area contributed by atoms with Crippen LogP contribution in [0.2, 0.25) is 0 Å². The summed E-state index contributed by atoms with van der Waals surface area (Å²) in [5.41, 5.74) is -0.557. The Kier molecular flexibility index (Phi) is 3.39. The maximum absolute atomic E-state index is 11.9. The first-order valence-corrected chi connectivity index (χ1v) is 3.90. The topological polar surface area (TPSA) is 0 Å². The van der Waals surface area contributed by atoms with E-state index < -0.39 is 18.0 Å². The van der Waals surface area contributed by atoms with E-state index in [1.807, 2.05) is 0 Å². The van der Waals surface area contributed by atoms with Gasteiger partial charge >= 0.3 is 6.18 Å². The van der Waals surface area contributed by atoms with Crippen LogP contribution in [0.5, 0.6) is 0 Å². The van der Waals surface area contributed by atoms with Crippen LogP contribution in [0, 0.1) is 5.41 Å². The summed E-state index contributed by atoms with van der Waals surface area (Å²) in [5.74, 6) is 0. The molecule has 0 aliphatic heterocycles. The first kappa shape index (κ1) is 10.8. The molecular weight excluding hydrogens is 153 g/mol. The van der Waals surface area contributed by atoms with E-state index in [0.717, 1.165) is 0 Å². The lowest BCUT2D eigenvalue weighted by atomic mass is 9.81. The Morgan fingerprint density at radius 1 is 1.00 bits per heavy atom. The van der Waals surface area contributed by atoms with Crippen molar-refractivity contribution < 1.29 is 13.2 Å². The van der Waals surface area contributed by atoms with Crippen LogP contribution < -0.4 is 0 Å². The Morgan fingerprint density at radius 2 is 1.36 bits per heavy atom.